The lowest BCUT2D eigenvalue weighted by Gasteiger charge is -2.13. The summed E-state index contributed by atoms with van der Waals surface area (Å²) in [6.07, 6.45) is 0. The molecule has 0 spiro atoms. The average Bonchev–Trinajstić information content (AvgIpc) is 3.62. The Balaban J connectivity index is 1.48. The minimum atomic E-state index is 0.647. The molecule has 4 nitrogen and oxygen atoms in total. The molecule has 3 aromatic heterocycles. The molecule has 44 heavy (non-hydrogen) atoms. The maximum absolute atomic E-state index is 5.28. The zero-order chi connectivity index (χ0) is 29.0. The first-order valence-electron chi connectivity index (χ1n) is 14.9. The van der Waals surface area contributed by atoms with Crippen LogP contribution in [0.15, 0.2) is 158 Å². The molecule has 6 aromatic carbocycles. The third-order valence-corrected chi connectivity index (χ3v) is 8.54. The number of hydrogen-bond donors (Lipinski definition) is 0. The van der Waals surface area contributed by atoms with Gasteiger partial charge < -0.3 is 4.57 Å². The van der Waals surface area contributed by atoms with Crippen molar-refractivity contribution in [3.8, 4) is 34.2 Å². The van der Waals surface area contributed by atoms with Crippen LogP contribution >= 0.6 is 0 Å². The van der Waals surface area contributed by atoms with E-state index in [-0.39, 0.29) is 0 Å². The summed E-state index contributed by atoms with van der Waals surface area (Å²) >= 11 is 0. The molecule has 0 fully saturated rings. The number of aromatic nitrogens is 4. The molecule has 0 aliphatic heterocycles. The summed E-state index contributed by atoms with van der Waals surface area (Å²) in [7, 11) is 0. The molecule has 0 atom stereocenters. The maximum atomic E-state index is 5.28. The van der Waals surface area contributed by atoms with Crippen LogP contribution in [0, 0.1) is 0 Å². The van der Waals surface area contributed by atoms with Gasteiger partial charge >= 0.3 is 0 Å². The van der Waals surface area contributed by atoms with Gasteiger partial charge in [-0.05, 0) is 30.3 Å². The van der Waals surface area contributed by atoms with Crippen LogP contribution in [0.3, 0.4) is 0 Å². The first-order chi connectivity index (χ1) is 21.8. The van der Waals surface area contributed by atoms with Gasteiger partial charge in [-0.15, -0.1) is 0 Å². The van der Waals surface area contributed by atoms with Gasteiger partial charge in [0.2, 0.25) is 5.95 Å². The van der Waals surface area contributed by atoms with Gasteiger partial charge in [-0.3, -0.25) is 4.57 Å². The molecule has 0 saturated carbocycles. The fraction of sp³-hybridized carbons (Fsp3) is 0. The topological polar surface area (TPSA) is 35.6 Å². The van der Waals surface area contributed by atoms with Crippen molar-refractivity contribution in [1.82, 2.24) is 19.1 Å². The fourth-order valence-electron chi connectivity index (χ4n) is 6.60. The van der Waals surface area contributed by atoms with Crippen LogP contribution in [0.1, 0.15) is 0 Å². The molecule has 206 valence electrons. The number of hydrogen-bond acceptors (Lipinski definition) is 2. The zero-order valence-electron chi connectivity index (χ0n) is 23.8. The zero-order valence-corrected chi connectivity index (χ0v) is 23.8. The molecule has 4 heteroatoms. The van der Waals surface area contributed by atoms with E-state index in [9.17, 15) is 0 Å². The van der Waals surface area contributed by atoms with Gasteiger partial charge in [-0.25, -0.2) is 9.97 Å². The summed E-state index contributed by atoms with van der Waals surface area (Å²) in [4.78, 5) is 10.6. The highest BCUT2D eigenvalue weighted by atomic mass is 15.2. The lowest BCUT2D eigenvalue weighted by Crippen LogP contribution is -2.05. The highest BCUT2D eigenvalue weighted by Crippen LogP contribution is 2.41. The van der Waals surface area contributed by atoms with Crippen LogP contribution in [0.25, 0.3) is 77.8 Å². The largest absolute Gasteiger partial charge is 0.307 e. The van der Waals surface area contributed by atoms with Crippen LogP contribution in [-0.4, -0.2) is 19.1 Å². The summed E-state index contributed by atoms with van der Waals surface area (Å²) < 4.78 is 4.66. The van der Waals surface area contributed by atoms with E-state index in [0.717, 1.165) is 44.8 Å². The van der Waals surface area contributed by atoms with E-state index in [1.165, 1.54) is 27.1 Å². The second kappa shape index (κ2) is 9.79. The summed E-state index contributed by atoms with van der Waals surface area (Å²) in [5, 5.41) is 4.75. The minimum Gasteiger partial charge on any atom is -0.307 e. The van der Waals surface area contributed by atoms with Crippen molar-refractivity contribution in [3.05, 3.63) is 158 Å². The minimum absolute atomic E-state index is 0.647. The van der Waals surface area contributed by atoms with Gasteiger partial charge in [0.05, 0.1) is 33.5 Å². The van der Waals surface area contributed by atoms with Crippen LogP contribution in [-0.2, 0) is 0 Å². The SMILES string of the molecule is c1ccc(-c2cc(-c3ccccc3)nc(-n3c4ccccc4c4ccc5c6ccccc6n(-c6ccccc6)c5c43)n2)cc1. The van der Waals surface area contributed by atoms with E-state index in [1.807, 2.05) is 12.1 Å². The monoisotopic (exact) mass is 562 g/mol. The molecular formula is C40H26N4. The molecule has 0 aliphatic rings. The third-order valence-electron chi connectivity index (χ3n) is 8.54. The van der Waals surface area contributed by atoms with Gasteiger partial charge in [0.25, 0.3) is 0 Å². The lowest BCUT2D eigenvalue weighted by molar-refractivity contribution is 0.995. The van der Waals surface area contributed by atoms with E-state index in [0.29, 0.717) is 5.95 Å². The molecule has 0 aliphatic carbocycles. The highest BCUT2D eigenvalue weighted by Gasteiger charge is 2.22. The molecule has 9 rings (SSSR count). The Kier molecular flexibility index (Phi) is 5.47. The Hall–Kier alpha value is -6.00. The normalized spacial score (nSPS) is 11.6. The molecule has 0 N–H and O–H groups in total. The maximum Gasteiger partial charge on any atom is 0.235 e. The molecule has 0 bridgehead atoms. The molecule has 0 saturated heterocycles. The summed E-state index contributed by atoms with van der Waals surface area (Å²) in [6, 6.07) is 55.3. The third kappa shape index (κ3) is 3.71. The second-order valence-electron chi connectivity index (χ2n) is 11.1. The van der Waals surface area contributed by atoms with E-state index < -0.39 is 0 Å². The van der Waals surface area contributed by atoms with Gasteiger partial charge in [0.15, 0.2) is 0 Å². The molecular weight excluding hydrogens is 536 g/mol. The number of para-hydroxylation sites is 3. The standard InChI is InChI=1S/C40H26N4/c1-4-14-27(15-5-1)34-26-35(28-16-6-2-7-17-28)42-40(41-34)44-37-23-13-11-21-31(37)33-25-24-32-30-20-10-12-22-36(30)43(38(32)39(33)44)29-18-8-3-9-19-29/h1-26H. The van der Waals surface area contributed by atoms with Gasteiger partial charge in [0.1, 0.15) is 0 Å². The number of rotatable bonds is 4. The summed E-state index contributed by atoms with van der Waals surface area (Å²) in [6.45, 7) is 0. The molecule has 3 heterocycles. The van der Waals surface area contributed by atoms with E-state index in [4.69, 9.17) is 9.97 Å². The van der Waals surface area contributed by atoms with Gasteiger partial charge in [-0.1, -0.05) is 127 Å². The van der Waals surface area contributed by atoms with Crippen LogP contribution < -0.4 is 0 Å². The van der Waals surface area contributed by atoms with Crippen molar-refractivity contribution in [2.75, 3.05) is 0 Å². The first kappa shape index (κ1) is 24.6. The van der Waals surface area contributed by atoms with E-state index >= 15 is 0 Å². The summed E-state index contributed by atoms with van der Waals surface area (Å²) in [5.74, 6) is 0.647. The van der Waals surface area contributed by atoms with Gasteiger partial charge in [-0.2, -0.15) is 0 Å². The average molecular weight is 563 g/mol. The molecule has 0 radical (unpaired) electrons. The van der Waals surface area contributed by atoms with Gasteiger partial charge in [0, 0.05) is 38.4 Å². The predicted molar refractivity (Wildman–Crippen MR) is 182 cm³/mol. The van der Waals surface area contributed by atoms with Crippen molar-refractivity contribution in [1.29, 1.82) is 0 Å². The van der Waals surface area contributed by atoms with E-state index in [2.05, 4.69) is 155 Å². The highest BCUT2D eigenvalue weighted by molar-refractivity contribution is 6.23. The smallest absolute Gasteiger partial charge is 0.235 e. The van der Waals surface area contributed by atoms with Crippen LogP contribution in [0.2, 0.25) is 0 Å². The Morgan fingerprint density at radius 1 is 0.364 bits per heavy atom. The quantitative estimate of drug-likeness (QED) is 0.214. The Morgan fingerprint density at radius 3 is 1.34 bits per heavy atom. The Morgan fingerprint density at radius 2 is 0.795 bits per heavy atom. The first-order valence-corrected chi connectivity index (χ1v) is 14.9. The van der Waals surface area contributed by atoms with Crippen molar-refractivity contribution >= 4 is 43.6 Å². The van der Waals surface area contributed by atoms with Crippen molar-refractivity contribution in [2.45, 2.75) is 0 Å². The Labute approximate surface area is 254 Å². The number of nitrogens with zero attached hydrogens (tertiary/aromatic N) is 4. The van der Waals surface area contributed by atoms with Crippen molar-refractivity contribution in [3.63, 3.8) is 0 Å². The molecule has 9 aromatic rings. The number of fused-ring (bicyclic) bond motifs is 7. The number of benzene rings is 6. The van der Waals surface area contributed by atoms with E-state index in [1.54, 1.807) is 0 Å². The van der Waals surface area contributed by atoms with Crippen LogP contribution in [0.5, 0.6) is 0 Å². The van der Waals surface area contributed by atoms with Crippen molar-refractivity contribution in [2.24, 2.45) is 0 Å². The van der Waals surface area contributed by atoms with Crippen molar-refractivity contribution < 1.29 is 0 Å². The Bertz CT molecular complexity index is 2420. The molecule has 0 unspecified atom stereocenters. The van der Waals surface area contributed by atoms with Crippen LogP contribution in [0.4, 0.5) is 0 Å². The fourth-order valence-corrected chi connectivity index (χ4v) is 6.60. The predicted octanol–water partition coefficient (Wildman–Crippen LogP) is 10.0. The second-order valence-corrected chi connectivity index (χ2v) is 11.1. The summed E-state index contributed by atoms with van der Waals surface area (Å²) in [5.41, 5.74) is 9.47. The molecule has 0 amide bonds. The lowest BCUT2D eigenvalue weighted by atomic mass is 10.1.